The fourth-order valence-electron chi connectivity index (χ4n) is 4.76. The van der Waals surface area contributed by atoms with Crippen LogP contribution in [0.4, 0.5) is 5.69 Å². The molecule has 0 atom stereocenters. The SMILES string of the molecule is Cc1cc(-c2cncnc2C2CCN(CC(=O)Nc3ccc4c(c3)CCC4)CC2)on1. The third-order valence-corrected chi connectivity index (χ3v) is 6.36. The van der Waals surface area contributed by atoms with Crippen molar-refractivity contribution in [3.63, 3.8) is 0 Å². The predicted octanol–water partition coefficient (Wildman–Crippen LogP) is 3.75. The summed E-state index contributed by atoms with van der Waals surface area (Å²) in [7, 11) is 0. The lowest BCUT2D eigenvalue weighted by Gasteiger charge is -2.31. The zero-order valence-corrected chi connectivity index (χ0v) is 17.8. The van der Waals surface area contributed by atoms with Crippen molar-refractivity contribution >= 4 is 11.6 Å². The average Bonchev–Trinajstić information content (AvgIpc) is 3.43. The minimum Gasteiger partial charge on any atom is -0.356 e. The summed E-state index contributed by atoms with van der Waals surface area (Å²) in [6.07, 6.45) is 8.78. The first-order valence-corrected chi connectivity index (χ1v) is 11.0. The molecule has 1 N–H and O–H groups in total. The zero-order chi connectivity index (χ0) is 21.2. The van der Waals surface area contributed by atoms with E-state index in [9.17, 15) is 4.79 Å². The summed E-state index contributed by atoms with van der Waals surface area (Å²) in [6, 6.07) is 8.23. The summed E-state index contributed by atoms with van der Waals surface area (Å²) in [6.45, 7) is 4.05. The number of rotatable bonds is 5. The van der Waals surface area contributed by atoms with E-state index in [4.69, 9.17) is 4.52 Å². The minimum absolute atomic E-state index is 0.0521. The van der Waals surface area contributed by atoms with Gasteiger partial charge in [-0.25, -0.2) is 9.97 Å². The lowest BCUT2D eigenvalue weighted by atomic mass is 9.90. The Bertz CT molecular complexity index is 1090. The predicted molar refractivity (Wildman–Crippen MR) is 118 cm³/mol. The Morgan fingerprint density at radius 1 is 1.19 bits per heavy atom. The molecule has 2 aromatic heterocycles. The van der Waals surface area contributed by atoms with Gasteiger partial charge in [0.05, 0.1) is 23.5 Å². The highest BCUT2D eigenvalue weighted by molar-refractivity contribution is 5.92. The molecule has 1 saturated heterocycles. The first kappa shape index (κ1) is 19.9. The lowest BCUT2D eigenvalue weighted by molar-refractivity contribution is -0.117. The van der Waals surface area contributed by atoms with E-state index in [1.165, 1.54) is 17.5 Å². The maximum atomic E-state index is 12.6. The van der Waals surface area contributed by atoms with Crippen LogP contribution in [0.1, 0.15) is 47.7 Å². The molecule has 1 aliphatic heterocycles. The van der Waals surface area contributed by atoms with Gasteiger partial charge in [-0.15, -0.1) is 0 Å². The van der Waals surface area contributed by atoms with Gasteiger partial charge < -0.3 is 9.84 Å². The van der Waals surface area contributed by atoms with Crippen molar-refractivity contribution in [2.24, 2.45) is 0 Å². The average molecular weight is 418 g/mol. The highest BCUT2D eigenvalue weighted by atomic mass is 16.5. The van der Waals surface area contributed by atoms with Gasteiger partial charge in [0.1, 0.15) is 6.33 Å². The molecule has 0 radical (unpaired) electrons. The van der Waals surface area contributed by atoms with Gasteiger partial charge in [0, 0.05) is 23.9 Å². The molecule has 31 heavy (non-hydrogen) atoms. The van der Waals surface area contributed by atoms with Crippen molar-refractivity contribution in [1.82, 2.24) is 20.0 Å². The second-order valence-electron chi connectivity index (χ2n) is 8.59. The molecule has 0 spiro atoms. The number of nitrogens with one attached hydrogen (secondary N) is 1. The first-order valence-electron chi connectivity index (χ1n) is 11.0. The highest BCUT2D eigenvalue weighted by Crippen LogP contribution is 2.33. The monoisotopic (exact) mass is 417 g/mol. The molecule has 7 heteroatoms. The Morgan fingerprint density at radius 3 is 2.84 bits per heavy atom. The molecule has 1 amide bonds. The summed E-state index contributed by atoms with van der Waals surface area (Å²) in [5.41, 5.74) is 6.47. The summed E-state index contributed by atoms with van der Waals surface area (Å²) in [4.78, 5) is 23.5. The van der Waals surface area contributed by atoms with Crippen molar-refractivity contribution in [2.75, 3.05) is 25.0 Å². The largest absolute Gasteiger partial charge is 0.356 e. The van der Waals surface area contributed by atoms with Gasteiger partial charge in [-0.05, 0) is 75.4 Å². The summed E-state index contributed by atoms with van der Waals surface area (Å²) in [5, 5.41) is 7.07. The Balaban J connectivity index is 1.18. The maximum absolute atomic E-state index is 12.6. The van der Waals surface area contributed by atoms with Crippen LogP contribution in [0, 0.1) is 6.92 Å². The van der Waals surface area contributed by atoms with Crippen LogP contribution in [0.3, 0.4) is 0 Å². The quantitative estimate of drug-likeness (QED) is 0.681. The number of fused-ring (bicyclic) bond motifs is 1. The van der Waals surface area contributed by atoms with Gasteiger partial charge >= 0.3 is 0 Å². The first-order chi connectivity index (χ1) is 15.2. The van der Waals surface area contributed by atoms with Crippen LogP contribution in [-0.4, -0.2) is 45.6 Å². The van der Waals surface area contributed by atoms with Crippen LogP contribution < -0.4 is 5.32 Å². The van der Waals surface area contributed by atoms with Gasteiger partial charge in [0.25, 0.3) is 0 Å². The molecule has 1 aliphatic carbocycles. The molecular weight excluding hydrogens is 390 g/mol. The Kier molecular flexibility index (Phi) is 5.51. The molecule has 2 aliphatic rings. The van der Waals surface area contributed by atoms with Gasteiger partial charge in [-0.1, -0.05) is 11.2 Å². The molecule has 0 bridgehead atoms. The minimum atomic E-state index is 0.0521. The molecule has 5 rings (SSSR count). The molecule has 0 unspecified atom stereocenters. The molecular formula is C24H27N5O2. The number of hydrogen-bond acceptors (Lipinski definition) is 6. The molecule has 1 fully saturated rings. The third kappa shape index (κ3) is 4.37. The van der Waals surface area contributed by atoms with Crippen molar-refractivity contribution in [1.29, 1.82) is 0 Å². The van der Waals surface area contributed by atoms with Gasteiger partial charge in [0.15, 0.2) is 5.76 Å². The number of carbonyl (C=O) groups is 1. The van der Waals surface area contributed by atoms with E-state index in [1.807, 2.05) is 19.1 Å². The van der Waals surface area contributed by atoms with Crippen LogP contribution in [0.5, 0.6) is 0 Å². The number of benzene rings is 1. The van der Waals surface area contributed by atoms with Crippen LogP contribution >= 0.6 is 0 Å². The second-order valence-corrected chi connectivity index (χ2v) is 8.59. The van der Waals surface area contributed by atoms with Gasteiger partial charge in [0.2, 0.25) is 5.91 Å². The zero-order valence-electron chi connectivity index (χ0n) is 17.8. The smallest absolute Gasteiger partial charge is 0.238 e. The van der Waals surface area contributed by atoms with E-state index < -0.39 is 0 Å². The van der Waals surface area contributed by atoms with Crippen LogP contribution in [0.15, 0.2) is 41.3 Å². The van der Waals surface area contributed by atoms with Gasteiger partial charge in [-0.2, -0.15) is 0 Å². The molecule has 7 nitrogen and oxygen atoms in total. The van der Waals surface area contributed by atoms with E-state index in [2.05, 4.69) is 37.5 Å². The third-order valence-electron chi connectivity index (χ3n) is 6.36. The summed E-state index contributed by atoms with van der Waals surface area (Å²) < 4.78 is 5.45. The van der Waals surface area contributed by atoms with Gasteiger partial charge in [-0.3, -0.25) is 9.69 Å². The molecule has 3 aromatic rings. The van der Waals surface area contributed by atoms with Crippen LogP contribution in [0.25, 0.3) is 11.3 Å². The second kappa shape index (κ2) is 8.59. The van der Waals surface area contributed by atoms with Crippen molar-refractivity contribution in [2.45, 2.75) is 44.9 Å². The summed E-state index contributed by atoms with van der Waals surface area (Å²) >= 11 is 0. The molecule has 0 saturated carbocycles. The summed E-state index contributed by atoms with van der Waals surface area (Å²) in [5.74, 6) is 1.08. The molecule has 1 aromatic carbocycles. The van der Waals surface area contributed by atoms with E-state index >= 15 is 0 Å². The molecule has 3 heterocycles. The number of likely N-dealkylation sites (tertiary alicyclic amines) is 1. The van der Waals surface area contributed by atoms with Crippen molar-refractivity contribution < 1.29 is 9.32 Å². The highest BCUT2D eigenvalue weighted by Gasteiger charge is 2.26. The maximum Gasteiger partial charge on any atom is 0.238 e. The van der Waals surface area contributed by atoms with Crippen LogP contribution in [0.2, 0.25) is 0 Å². The standard InChI is InChI=1S/C24H27N5O2/c1-16-11-22(31-28-16)21-13-25-15-26-24(21)18-7-9-29(10-8-18)14-23(30)27-20-6-5-17-3-2-4-19(17)12-20/h5-6,11-13,15,18H,2-4,7-10,14H2,1H3,(H,27,30). The number of hydrogen-bond donors (Lipinski definition) is 1. The topological polar surface area (TPSA) is 84.2 Å². The number of carbonyl (C=O) groups excluding carboxylic acids is 1. The van der Waals surface area contributed by atoms with Crippen LogP contribution in [-0.2, 0) is 17.6 Å². The fourth-order valence-corrected chi connectivity index (χ4v) is 4.76. The van der Waals surface area contributed by atoms with E-state index in [1.54, 1.807) is 12.5 Å². The van der Waals surface area contributed by atoms with E-state index in [-0.39, 0.29) is 5.91 Å². The number of aromatic nitrogens is 3. The van der Waals surface area contributed by atoms with Crippen molar-refractivity contribution in [3.8, 4) is 11.3 Å². The number of amides is 1. The molecule has 160 valence electrons. The van der Waals surface area contributed by atoms with Crippen molar-refractivity contribution in [3.05, 3.63) is 59.3 Å². The number of aryl methyl sites for hydroxylation is 3. The number of anilines is 1. The number of nitrogens with zero attached hydrogens (tertiary/aromatic N) is 4. The Labute approximate surface area is 181 Å². The number of piperidine rings is 1. The fraction of sp³-hybridized carbons (Fsp3) is 0.417. The Morgan fingerprint density at radius 2 is 2.03 bits per heavy atom. The lowest BCUT2D eigenvalue weighted by Crippen LogP contribution is -2.39. The Hall–Kier alpha value is -3.06. The van der Waals surface area contributed by atoms with E-state index in [0.29, 0.717) is 18.2 Å². The normalized spacial score (nSPS) is 16.9. The van der Waals surface area contributed by atoms with E-state index in [0.717, 1.165) is 61.4 Å².